The summed E-state index contributed by atoms with van der Waals surface area (Å²) in [4.78, 5) is 20.0. The van der Waals surface area contributed by atoms with E-state index in [-0.39, 0.29) is 5.91 Å². The number of nitrogens with zero attached hydrogens (tertiary/aromatic N) is 2. The molecular formula is C15H18N2OS2. The van der Waals surface area contributed by atoms with Gasteiger partial charge in [0.15, 0.2) is 0 Å². The van der Waals surface area contributed by atoms with E-state index in [4.69, 9.17) is 0 Å². The molecule has 20 heavy (non-hydrogen) atoms. The fraction of sp³-hybridized carbons (Fsp3) is 0.467. The van der Waals surface area contributed by atoms with Crippen LogP contribution in [0.2, 0.25) is 0 Å². The fourth-order valence-corrected chi connectivity index (χ4v) is 4.37. The second-order valence-electron chi connectivity index (χ2n) is 5.44. The van der Waals surface area contributed by atoms with Crippen LogP contribution in [0.3, 0.4) is 0 Å². The Balaban J connectivity index is 1.85. The quantitative estimate of drug-likeness (QED) is 0.838. The molecule has 1 atom stereocenters. The van der Waals surface area contributed by atoms with Crippen molar-refractivity contribution in [3.8, 4) is 10.6 Å². The molecule has 2 aromatic rings. The van der Waals surface area contributed by atoms with Gasteiger partial charge in [-0.05, 0) is 37.1 Å². The van der Waals surface area contributed by atoms with Crippen LogP contribution in [0, 0.1) is 12.8 Å². The van der Waals surface area contributed by atoms with Gasteiger partial charge in [0.1, 0.15) is 9.88 Å². The Morgan fingerprint density at radius 2 is 2.35 bits per heavy atom. The molecule has 0 spiro atoms. The molecule has 0 aromatic carbocycles. The first-order valence-corrected chi connectivity index (χ1v) is 8.70. The maximum atomic E-state index is 12.6. The van der Waals surface area contributed by atoms with Crippen LogP contribution >= 0.6 is 22.7 Å². The van der Waals surface area contributed by atoms with Gasteiger partial charge in [-0.25, -0.2) is 4.98 Å². The summed E-state index contributed by atoms with van der Waals surface area (Å²) in [6.45, 7) is 5.92. The molecule has 1 aliphatic heterocycles. The highest BCUT2D eigenvalue weighted by atomic mass is 32.1. The normalized spacial score (nSPS) is 19.3. The minimum absolute atomic E-state index is 0.160. The largest absolute Gasteiger partial charge is 0.338 e. The Bertz CT molecular complexity index is 603. The predicted octanol–water partition coefficient (Wildman–Crippen LogP) is 4.05. The fourth-order valence-electron chi connectivity index (χ4n) is 2.62. The van der Waals surface area contributed by atoms with E-state index in [9.17, 15) is 4.79 Å². The Morgan fingerprint density at radius 3 is 3.05 bits per heavy atom. The number of aromatic nitrogens is 1. The monoisotopic (exact) mass is 306 g/mol. The van der Waals surface area contributed by atoms with Gasteiger partial charge in [-0.2, -0.15) is 11.3 Å². The van der Waals surface area contributed by atoms with E-state index in [2.05, 4.69) is 23.4 Å². The van der Waals surface area contributed by atoms with Crippen LogP contribution in [0.15, 0.2) is 16.8 Å². The number of hydrogen-bond acceptors (Lipinski definition) is 4. The smallest absolute Gasteiger partial charge is 0.265 e. The number of thiophene rings is 1. The van der Waals surface area contributed by atoms with Gasteiger partial charge in [0.05, 0.1) is 5.69 Å². The number of thiazole rings is 1. The van der Waals surface area contributed by atoms with Gasteiger partial charge >= 0.3 is 0 Å². The summed E-state index contributed by atoms with van der Waals surface area (Å²) in [7, 11) is 0. The lowest BCUT2D eigenvalue weighted by atomic mass is 10.0. The van der Waals surface area contributed by atoms with Gasteiger partial charge in [0, 0.05) is 24.0 Å². The Labute approximate surface area is 127 Å². The first kappa shape index (κ1) is 13.8. The molecule has 0 N–H and O–H groups in total. The highest BCUT2D eigenvalue weighted by Gasteiger charge is 2.25. The lowest BCUT2D eigenvalue weighted by Gasteiger charge is -2.30. The maximum absolute atomic E-state index is 12.6. The zero-order valence-corrected chi connectivity index (χ0v) is 13.4. The van der Waals surface area contributed by atoms with Gasteiger partial charge in [0.25, 0.3) is 5.91 Å². The average Bonchev–Trinajstić information content (AvgIpc) is 3.07. The summed E-state index contributed by atoms with van der Waals surface area (Å²) in [6.07, 6.45) is 2.34. The number of piperidine rings is 1. The van der Waals surface area contributed by atoms with Crippen LogP contribution in [0.5, 0.6) is 0 Å². The summed E-state index contributed by atoms with van der Waals surface area (Å²) in [6, 6.07) is 2.06. The molecule has 0 radical (unpaired) electrons. The van der Waals surface area contributed by atoms with Crippen LogP contribution < -0.4 is 0 Å². The molecule has 0 aliphatic carbocycles. The molecule has 2 aromatic heterocycles. The topological polar surface area (TPSA) is 33.2 Å². The number of likely N-dealkylation sites (tertiary alicyclic amines) is 1. The van der Waals surface area contributed by atoms with Crippen LogP contribution in [-0.2, 0) is 0 Å². The van der Waals surface area contributed by atoms with Crippen molar-refractivity contribution in [3.05, 3.63) is 27.4 Å². The zero-order chi connectivity index (χ0) is 14.1. The molecular weight excluding hydrogens is 288 g/mol. The number of carbonyl (C=O) groups is 1. The molecule has 1 aliphatic rings. The second kappa shape index (κ2) is 5.66. The molecule has 3 rings (SSSR count). The van der Waals surface area contributed by atoms with Crippen LogP contribution in [0.4, 0.5) is 0 Å². The molecule has 5 heteroatoms. The summed E-state index contributed by atoms with van der Waals surface area (Å²) in [5.41, 5.74) is 1.98. The second-order valence-corrected chi connectivity index (χ2v) is 7.22. The molecule has 1 amide bonds. The van der Waals surface area contributed by atoms with Crippen molar-refractivity contribution in [2.75, 3.05) is 13.1 Å². The van der Waals surface area contributed by atoms with Crippen molar-refractivity contribution in [2.24, 2.45) is 5.92 Å². The van der Waals surface area contributed by atoms with Crippen molar-refractivity contribution < 1.29 is 4.79 Å². The van der Waals surface area contributed by atoms with Crippen molar-refractivity contribution in [2.45, 2.75) is 26.7 Å². The Morgan fingerprint density at radius 1 is 1.50 bits per heavy atom. The molecule has 3 nitrogen and oxygen atoms in total. The number of rotatable bonds is 2. The van der Waals surface area contributed by atoms with Gasteiger partial charge in [0.2, 0.25) is 0 Å². The van der Waals surface area contributed by atoms with Gasteiger partial charge < -0.3 is 4.90 Å². The summed E-state index contributed by atoms with van der Waals surface area (Å²) in [5, 5.41) is 5.08. The van der Waals surface area contributed by atoms with E-state index < -0.39 is 0 Å². The van der Waals surface area contributed by atoms with E-state index in [1.165, 1.54) is 17.8 Å². The van der Waals surface area contributed by atoms with E-state index in [1.807, 2.05) is 17.2 Å². The zero-order valence-electron chi connectivity index (χ0n) is 11.8. The highest BCUT2D eigenvalue weighted by molar-refractivity contribution is 7.17. The highest BCUT2D eigenvalue weighted by Crippen LogP contribution is 2.31. The molecule has 0 saturated carbocycles. The Kier molecular flexibility index (Phi) is 3.89. The van der Waals surface area contributed by atoms with Crippen molar-refractivity contribution in [1.29, 1.82) is 0 Å². The van der Waals surface area contributed by atoms with Crippen molar-refractivity contribution in [3.63, 3.8) is 0 Å². The van der Waals surface area contributed by atoms with E-state index in [0.717, 1.165) is 40.7 Å². The molecule has 3 heterocycles. The minimum Gasteiger partial charge on any atom is -0.338 e. The first-order valence-electron chi connectivity index (χ1n) is 6.94. The average molecular weight is 306 g/mol. The van der Waals surface area contributed by atoms with E-state index in [0.29, 0.717) is 5.92 Å². The standard InChI is InChI=1S/C15H18N2OS2/c1-10-4-3-6-17(8-10)15(18)13-11(2)16-14(20-13)12-5-7-19-9-12/h5,7,9-10H,3-4,6,8H2,1-2H3. The lowest BCUT2D eigenvalue weighted by molar-refractivity contribution is 0.0687. The number of amides is 1. The third-order valence-electron chi connectivity index (χ3n) is 3.70. The van der Waals surface area contributed by atoms with Gasteiger partial charge in [-0.3, -0.25) is 4.79 Å². The van der Waals surface area contributed by atoms with Crippen LogP contribution in [0.1, 0.15) is 35.1 Å². The third kappa shape index (κ3) is 2.65. The lowest BCUT2D eigenvalue weighted by Crippen LogP contribution is -2.39. The minimum atomic E-state index is 0.160. The molecule has 106 valence electrons. The maximum Gasteiger partial charge on any atom is 0.265 e. The summed E-state index contributed by atoms with van der Waals surface area (Å²) >= 11 is 3.18. The third-order valence-corrected chi connectivity index (χ3v) is 5.58. The molecule has 1 saturated heterocycles. The van der Waals surface area contributed by atoms with E-state index >= 15 is 0 Å². The van der Waals surface area contributed by atoms with E-state index in [1.54, 1.807) is 11.3 Å². The first-order chi connectivity index (χ1) is 9.65. The molecule has 1 fully saturated rings. The Hall–Kier alpha value is -1.20. The number of hydrogen-bond donors (Lipinski definition) is 0. The SMILES string of the molecule is Cc1nc(-c2ccsc2)sc1C(=O)N1CCCC(C)C1. The van der Waals surface area contributed by atoms with Crippen molar-refractivity contribution >= 4 is 28.6 Å². The predicted molar refractivity (Wildman–Crippen MR) is 84.5 cm³/mol. The van der Waals surface area contributed by atoms with Gasteiger partial charge in [-0.15, -0.1) is 11.3 Å². The van der Waals surface area contributed by atoms with Crippen LogP contribution in [0.25, 0.3) is 10.6 Å². The van der Waals surface area contributed by atoms with Crippen molar-refractivity contribution in [1.82, 2.24) is 9.88 Å². The molecule has 0 bridgehead atoms. The summed E-state index contributed by atoms with van der Waals surface area (Å²) < 4.78 is 0. The molecule has 1 unspecified atom stereocenters. The summed E-state index contributed by atoms with van der Waals surface area (Å²) in [5.74, 6) is 0.769. The number of carbonyl (C=O) groups excluding carboxylic acids is 1. The van der Waals surface area contributed by atoms with Gasteiger partial charge in [-0.1, -0.05) is 6.92 Å². The number of aryl methyl sites for hydroxylation is 1. The van der Waals surface area contributed by atoms with Crippen LogP contribution in [-0.4, -0.2) is 28.9 Å².